The summed E-state index contributed by atoms with van der Waals surface area (Å²) in [6, 6.07) is 7.09. The fraction of sp³-hybridized carbons (Fsp3) is 0.400. The van der Waals surface area contributed by atoms with Gasteiger partial charge in [-0.15, -0.1) is 0 Å². The molecular formula is C10H12F6N2O. The molecule has 0 atom stereocenters. The van der Waals surface area contributed by atoms with Gasteiger partial charge in [0.15, 0.2) is 0 Å². The number of anilines is 2. The maximum Gasteiger partial charge on any atom is 0.425 e. The van der Waals surface area contributed by atoms with Crippen LogP contribution in [0.1, 0.15) is 6.92 Å². The zero-order valence-electron chi connectivity index (χ0n) is 9.68. The van der Waals surface area contributed by atoms with E-state index in [1.54, 1.807) is 24.3 Å². The van der Waals surface area contributed by atoms with Crippen LogP contribution in [-0.2, 0) is 0 Å². The van der Waals surface area contributed by atoms with Gasteiger partial charge in [-0.3, -0.25) is 0 Å². The molecule has 9 heteroatoms. The maximum atomic E-state index is 11.4. The zero-order chi connectivity index (χ0) is 15.5. The molecule has 1 aromatic carbocycles. The van der Waals surface area contributed by atoms with Gasteiger partial charge in [-0.05, 0) is 31.2 Å². The summed E-state index contributed by atoms with van der Waals surface area (Å²) in [7, 11) is 0. The number of nitrogens with two attached hydrogens (primary N) is 2. The van der Waals surface area contributed by atoms with Crippen molar-refractivity contribution in [2.24, 2.45) is 0 Å². The molecule has 0 bridgehead atoms. The molecule has 0 spiro atoms. The molecule has 0 aliphatic rings. The van der Waals surface area contributed by atoms with Crippen molar-refractivity contribution in [3.63, 3.8) is 0 Å². The first-order valence-corrected chi connectivity index (χ1v) is 4.76. The second-order valence-corrected chi connectivity index (χ2v) is 3.73. The van der Waals surface area contributed by atoms with Crippen molar-refractivity contribution in [3.8, 4) is 0 Å². The molecule has 3 nitrogen and oxygen atoms in total. The normalized spacial score (nSPS) is 12.6. The quantitative estimate of drug-likeness (QED) is 0.508. The highest BCUT2D eigenvalue weighted by Crippen LogP contribution is 2.42. The minimum Gasteiger partial charge on any atom is -0.399 e. The summed E-state index contributed by atoms with van der Waals surface area (Å²) in [5, 5.41) is 7.94. The molecule has 0 unspecified atom stereocenters. The lowest BCUT2D eigenvalue weighted by atomic mass is 10.1. The lowest BCUT2D eigenvalue weighted by molar-refractivity contribution is -0.360. The Morgan fingerprint density at radius 3 is 1.11 bits per heavy atom. The number of hydrogen-bond donors (Lipinski definition) is 3. The lowest BCUT2D eigenvalue weighted by Crippen LogP contribution is -2.54. The van der Waals surface area contributed by atoms with Gasteiger partial charge in [-0.1, -0.05) is 0 Å². The highest BCUT2D eigenvalue weighted by atomic mass is 19.4. The Balaban J connectivity index is 0.000000356. The smallest absolute Gasteiger partial charge is 0.399 e. The minimum atomic E-state index is -5.69. The van der Waals surface area contributed by atoms with Gasteiger partial charge in [0.25, 0.3) is 5.60 Å². The fourth-order valence-electron chi connectivity index (χ4n) is 0.657. The van der Waals surface area contributed by atoms with Crippen LogP contribution >= 0.6 is 0 Å². The third-order valence-corrected chi connectivity index (χ3v) is 2.04. The molecule has 0 saturated heterocycles. The van der Waals surface area contributed by atoms with Gasteiger partial charge in [0.1, 0.15) is 0 Å². The number of alkyl halides is 6. The average Bonchev–Trinajstić information content (AvgIpc) is 2.20. The van der Waals surface area contributed by atoms with Crippen molar-refractivity contribution in [2.75, 3.05) is 11.5 Å². The van der Waals surface area contributed by atoms with E-state index in [1.165, 1.54) is 0 Å². The van der Waals surface area contributed by atoms with Crippen LogP contribution in [-0.4, -0.2) is 23.1 Å². The Morgan fingerprint density at radius 1 is 0.789 bits per heavy atom. The van der Waals surface area contributed by atoms with E-state index in [0.717, 1.165) is 11.4 Å². The van der Waals surface area contributed by atoms with Gasteiger partial charge in [0.2, 0.25) is 0 Å². The molecule has 0 heterocycles. The van der Waals surface area contributed by atoms with E-state index in [0.29, 0.717) is 0 Å². The first-order valence-electron chi connectivity index (χ1n) is 4.76. The summed E-state index contributed by atoms with van der Waals surface area (Å²) in [5.74, 6) is 0. The predicted octanol–water partition coefficient (Wildman–Crippen LogP) is 2.71. The Morgan fingerprint density at radius 2 is 1.00 bits per heavy atom. The fourth-order valence-corrected chi connectivity index (χ4v) is 0.657. The second kappa shape index (κ2) is 5.55. The van der Waals surface area contributed by atoms with Gasteiger partial charge < -0.3 is 16.6 Å². The summed E-state index contributed by atoms with van der Waals surface area (Å²) in [6.07, 6.45) is -11.4. The van der Waals surface area contributed by atoms with Crippen LogP contribution in [0.15, 0.2) is 24.3 Å². The molecule has 1 aromatic rings. The number of rotatable bonds is 0. The SMILES string of the molecule is CC(O)(C(F)(F)F)C(F)(F)F.Nc1ccc(N)cc1. The standard InChI is InChI=1S/C6H8N2.C4H4F6O/c7-5-1-2-6(8)4-3-5;1-2(11,3(5,6)7)4(8,9)10/h1-4H,7-8H2;11H,1H3. The zero-order valence-corrected chi connectivity index (χ0v) is 9.68. The van der Waals surface area contributed by atoms with Crippen LogP contribution in [0.3, 0.4) is 0 Å². The molecule has 0 aliphatic heterocycles. The highest BCUT2D eigenvalue weighted by Gasteiger charge is 2.67. The summed E-state index contributed by atoms with van der Waals surface area (Å²) in [6.45, 7) is -0.340. The number of halogens is 6. The molecule has 0 amide bonds. The van der Waals surface area contributed by atoms with Gasteiger partial charge in [0, 0.05) is 11.4 Å². The Bertz CT molecular complexity index is 359. The van der Waals surface area contributed by atoms with Crippen molar-refractivity contribution >= 4 is 11.4 Å². The molecule has 0 aliphatic carbocycles. The first-order chi connectivity index (χ1) is 8.29. The van der Waals surface area contributed by atoms with Crippen LogP contribution in [0, 0.1) is 0 Å². The molecule has 19 heavy (non-hydrogen) atoms. The lowest BCUT2D eigenvalue weighted by Gasteiger charge is -2.28. The Kier molecular flexibility index (Phi) is 5.08. The monoisotopic (exact) mass is 290 g/mol. The van der Waals surface area contributed by atoms with Crippen molar-refractivity contribution in [2.45, 2.75) is 24.9 Å². The highest BCUT2D eigenvalue weighted by molar-refractivity contribution is 5.47. The van der Waals surface area contributed by atoms with Crippen molar-refractivity contribution in [1.29, 1.82) is 0 Å². The predicted molar refractivity (Wildman–Crippen MR) is 58.0 cm³/mol. The van der Waals surface area contributed by atoms with E-state index >= 15 is 0 Å². The molecule has 1 rings (SSSR count). The largest absolute Gasteiger partial charge is 0.425 e. The average molecular weight is 290 g/mol. The van der Waals surface area contributed by atoms with Crippen LogP contribution in [0.5, 0.6) is 0 Å². The molecule has 0 saturated carbocycles. The molecule has 0 fully saturated rings. The van der Waals surface area contributed by atoms with E-state index < -0.39 is 18.0 Å². The van der Waals surface area contributed by atoms with Gasteiger partial charge in [-0.25, -0.2) is 0 Å². The van der Waals surface area contributed by atoms with Crippen LogP contribution < -0.4 is 11.5 Å². The number of nitrogen functional groups attached to an aromatic ring is 2. The van der Waals surface area contributed by atoms with Gasteiger partial charge >= 0.3 is 12.4 Å². The van der Waals surface area contributed by atoms with E-state index in [-0.39, 0.29) is 6.92 Å². The molecule has 110 valence electrons. The summed E-state index contributed by atoms with van der Waals surface area (Å²) < 4.78 is 68.2. The van der Waals surface area contributed by atoms with Crippen LogP contribution in [0.25, 0.3) is 0 Å². The third kappa shape index (κ3) is 4.86. The topological polar surface area (TPSA) is 72.3 Å². The van der Waals surface area contributed by atoms with E-state index in [9.17, 15) is 26.3 Å². The van der Waals surface area contributed by atoms with Crippen molar-refractivity contribution in [3.05, 3.63) is 24.3 Å². The van der Waals surface area contributed by atoms with Crippen LogP contribution in [0.4, 0.5) is 37.7 Å². The molecule has 5 N–H and O–H groups in total. The van der Waals surface area contributed by atoms with Crippen molar-refractivity contribution < 1.29 is 31.4 Å². The van der Waals surface area contributed by atoms with Crippen LogP contribution in [0.2, 0.25) is 0 Å². The van der Waals surface area contributed by atoms with Crippen molar-refractivity contribution in [1.82, 2.24) is 0 Å². The summed E-state index contributed by atoms with van der Waals surface area (Å²) in [5.41, 5.74) is 7.62. The number of aliphatic hydroxyl groups is 1. The summed E-state index contributed by atoms with van der Waals surface area (Å²) in [4.78, 5) is 0. The second-order valence-electron chi connectivity index (χ2n) is 3.73. The number of hydrogen-bond acceptors (Lipinski definition) is 3. The third-order valence-electron chi connectivity index (χ3n) is 2.04. The maximum absolute atomic E-state index is 11.4. The summed E-state index contributed by atoms with van der Waals surface area (Å²) >= 11 is 0. The Hall–Kier alpha value is -1.64. The minimum absolute atomic E-state index is 0.340. The van der Waals surface area contributed by atoms with E-state index in [4.69, 9.17) is 16.6 Å². The molecule has 0 radical (unpaired) electrons. The molecule has 0 aromatic heterocycles. The van der Waals surface area contributed by atoms with E-state index in [2.05, 4.69) is 0 Å². The van der Waals surface area contributed by atoms with Gasteiger partial charge in [-0.2, -0.15) is 26.3 Å². The van der Waals surface area contributed by atoms with E-state index in [1.807, 2.05) is 0 Å². The van der Waals surface area contributed by atoms with Gasteiger partial charge in [0.05, 0.1) is 0 Å². The Labute approximate surface area is 104 Å². The first kappa shape index (κ1) is 17.4. The number of benzene rings is 1. The molecular weight excluding hydrogens is 278 g/mol.